The van der Waals surface area contributed by atoms with Gasteiger partial charge in [-0.05, 0) is 18.6 Å². The molecule has 0 atom stereocenters. The van der Waals surface area contributed by atoms with Crippen LogP contribution < -0.4 is 0 Å². The number of rotatable bonds is 9. The molecular formula is C22H25NO2. The molecule has 0 aliphatic rings. The first kappa shape index (κ1) is 17.4. The highest BCUT2D eigenvalue weighted by Crippen LogP contribution is 2.30. The van der Waals surface area contributed by atoms with Crippen molar-refractivity contribution >= 4 is 34.4 Å². The normalized spacial score (nSPS) is 11.2. The fraction of sp³-hybridized carbons (Fsp3) is 0.364. The summed E-state index contributed by atoms with van der Waals surface area (Å²) in [6, 6.07) is 11.7. The third-order valence-corrected chi connectivity index (χ3v) is 4.92. The van der Waals surface area contributed by atoms with Crippen LogP contribution in [-0.2, 0) is 6.54 Å². The predicted molar refractivity (Wildman–Crippen MR) is 104 cm³/mol. The van der Waals surface area contributed by atoms with E-state index in [1.54, 1.807) is 0 Å². The average molecular weight is 335 g/mol. The molecule has 0 unspecified atom stereocenters. The van der Waals surface area contributed by atoms with Crippen molar-refractivity contribution in [1.82, 2.24) is 4.57 Å². The summed E-state index contributed by atoms with van der Waals surface area (Å²) in [6.45, 7) is 3.14. The van der Waals surface area contributed by atoms with Gasteiger partial charge < -0.3 is 4.57 Å². The van der Waals surface area contributed by atoms with E-state index in [0.717, 1.165) is 47.3 Å². The lowest BCUT2D eigenvalue weighted by Gasteiger charge is -2.08. The molecule has 0 aliphatic heterocycles. The lowest BCUT2D eigenvalue weighted by molar-refractivity contribution is 0.111. The Morgan fingerprint density at radius 3 is 1.80 bits per heavy atom. The molecule has 0 saturated heterocycles. The summed E-state index contributed by atoms with van der Waals surface area (Å²) in [7, 11) is 0. The van der Waals surface area contributed by atoms with Gasteiger partial charge in [0.05, 0.1) is 0 Å². The predicted octanol–water partition coefficient (Wildman–Crippen LogP) is 5.78. The van der Waals surface area contributed by atoms with Crippen LogP contribution in [0.3, 0.4) is 0 Å². The quantitative estimate of drug-likeness (QED) is 0.367. The highest BCUT2D eigenvalue weighted by Gasteiger charge is 2.11. The number of unbranched alkanes of at least 4 members (excludes halogenated alkanes) is 5. The summed E-state index contributed by atoms with van der Waals surface area (Å²) in [5, 5.41) is 2.29. The standard InChI is InChI=1S/C22H25NO2/c1-2-3-4-5-6-7-12-23-21-13-17(15-24)8-10-19(21)20-11-9-18(16-25)14-22(20)23/h8-11,13-16H,2-7,12H2,1H3. The third kappa shape index (κ3) is 3.65. The Bertz CT molecular complexity index is 827. The summed E-state index contributed by atoms with van der Waals surface area (Å²) in [5.41, 5.74) is 3.54. The van der Waals surface area contributed by atoms with E-state index in [2.05, 4.69) is 11.5 Å². The highest BCUT2D eigenvalue weighted by molar-refractivity contribution is 6.10. The van der Waals surface area contributed by atoms with Gasteiger partial charge in [0.15, 0.2) is 0 Å². The molecule has 0 bridgehead atoms. The SMILES string of the molecule is CCCCCCCCn1c2cc(C=O)ccc2c2ccc(C=O)cc21. The Balaban J connectivity index is 1.96. The van der Waals surface area contributed by atoms with E-state index in [9.17, 15) is 9.59 Å². The number of aromatic nitrogens is 1. The number of aldehydes is 2. The van der Waals surface area contributed by atoms with Crippen LogP contribution in [0.1, 0.15) is 66.2 Å². The number of benzene rings is 2. The van der Waals surface area contributed by atoms with E-state index >= 15 is 0 Å². The average Bonchev–Trinajstić information content (AvgIpc) is 2.96. The largest absolute Gasteiger partial charge is 0.340 e. The molecule has 1 aromatic heterocycles. The number of hydrogen-bond acceptors (Lipinski definition) is 2. The Morgan fingerprint density at radius 2 is 1.28 bits per heavy atom. The van der Waals surface area contributed by atoms with Crippen LogP contribution >= 0.6 is 0 Å². The lowest BCUT2D eigenvalue weighted by atomic mass is 10.1. The van der Waals surface area contributed by atoms with Crippen molar-refractivity contribution in [2.45, 2.75) is 52.0 Å². The van der Waals surface area contributed by atoms with Gasteiger partial charge in [0.1, 0.15) is 12.6 Å². The maximum atomic E-state index is 11.2. The van der Waals surface area contributed by atoms with E-state index < -0.39 is 0 Å². The van der Waals surface area contributed by atoms with Crippen LogP contribution in [0.15, 0.2) is 36.4 Å². The highest BCUT2D eigenvalue weighted by atomic mass is 16.1. The monoisotopic (exact) mass is 335 g/mol. The zero-order valence-corrected chi connectivity index (χ0v) is 14.8. The smallest absolute Gasteiger partial charge is 0.150 e. The molecule has 2 aromatic carbocycles. The summed E-state index contributed by atoms with van der Waals surface area (Å²) < 4.78 is 2.27. The van der Waals surface area contributed by atoms with Gasteiger partial charge in [-0.25, -0.2) is 0 Å². The first-order valence-electron chi connectivity index (χ1n) is 9.25. The molecule has 3 rings (SSSR count). The zero-order chi connectivity index (χ0) is 17.6. The van der Waals surface area contributed by atoms with Crippen LogP contribution in [0.25, 0.3) is 21.8 Å². The van der Waals surface area contributed by atoms with Crippen molar-refractivity contribution in [1.29, 1.82) is 0 Å². The van der Waals surface area contributed by atoms with Crippen molar-refractivity contribution in [3.05, 3.63) is 47.5 Å². The zero-order valence-electron chi connectivity index (χ0n) is 14.8. The van der Waals surface area contributed by atoms with Gasteiger partial charge in [0.25, 0.3) is 0 Å². The maximum Gasteiger partial charge on any atom is 0.150 e. The molecule has 0 amide bonds. The van der Waals surface area contributed by atoms with E-state index in [0.29, 0.717) is 11.1 Å². The van der Waals surface area contributed by atoms with Gasteiger partial charge in [0, 0.05) is 39.5 Å². The minimum absolute atomic E-state index is 0.690. The third-order valence-electron chi connectivity index (χ3n) is 4.92. The summed E-state index contributed by atoms with van der Waals surface area (Å²) in [6.07, 6.45) is 9.24. The summed E-state index contributed by atoms with van der Waals surface area (Å²) in [5.74, 6) is 0. The summed E-state index contributed by atoms with van der Waals surface area (Å²) in [4.78, 5) is 22.4. The molecule has 0 N–H and O–H groups in total. The molecular weight excluding hydrogens is 310 g/mol. The van der Waals surface area contributed by atoms with E-state index in [-0.39, 0.29) is 0 Å². The number of carbonyl (C=O) groups is 2. The fourth-order valence-corrected chi connectivity index (χ4v) is 3.57. The van der Waals surface area contributed by atoms with Gasteiger partial charge in [-0.15, -0.1) is 0 Å². The second-order valence-electron chi connectivity index (χ2n) is 6.71. The Morgan fingerprint density at radius 1 is 0.760 bits per heavy atom. The van der Waals surface area contributed by atoms with Gasteiger partial charge in [0.2, 0.25) is 0 Å². The molecule has 25 heavy (non-hydrogen) atoms. The van der Waals surface area contributed by atoms with Crippen LogP contribution in [-0.4, -0.2) is 17.1 Å². The van der Waals surface area contributed by atoms with Crippen LogP contribution in [0.4, 0.5) is 0 Å². The summed E-state index contributed by atoms with van der Waals surface area (Å²) >= 11 is 0. The Kier molecular flexibility index (Phi) is 5.64. The Labute approximate surface area is 148 Å². The second kappa shape index (κ2) is 8.11. The molecule has 3 heteroatoms. The van der Waals surface area contributed by atoms with Crippen molar-refractivity contribution < 1.29 is 9.59 Å². The van der Waals surface area contributed by atoms with Gasteiger partial charge >= 0.3 is 0 Å². The number of aryl methyl sites for hydroxylation is 1. The second-order valence-corrected chi connectivity index (χ2v) is 6.71. The number of nitrogens with zero attached hydrogens (tertiary/aromatic N) is 1. The van der Waals surface area contributed by atoms with Crippen molar-refractivity contribution in [3.8, 4) is 0 Å². The minimum Gasteiger partial charge on any atom is -0.340 e. The maximum absolute atomic E-state index is 11.2. The first-order valence-corrected chi connectivity index (χ1v) is 9.25. The fourth-order valence-electron chi connectivity index (χ4n) is 3.57. The lowest BCUT2D eigenvalue weighted by Crippen LogP contribution is -1.98. The van der Waals surface area contributed by atoms with E-state index in [1.165, 1.54) is 32.1 Å². The molecule has 0 spiro atoms. The van der Waals surface area contributed by atoms with Gasteiger partial charge in [-0.1, -0.05) is 63.3 Å². The number of fused-ring (bicyclic) bond motifs is 3. The molecule has 3 aromatic rings. The van der Waals surface area contributed by atoms with Crippen molar-refractivity contribution in [2.75, 3.05) is 0 Å². The first-order chi connectivity index (χ1) is 12.3. The Hall–Kier alpha value is -2.42. The topological polar surface area (TPSA) is 39.1 Å². The van der Waals surface area contributed by atoms with Crippen LogP contribution in [0.2, 0.25) is 0 Å². The molecule has 0 aliphatic carbocycles. The molecule has 1 heterocycles. The molecule has 130 valence electrons. The number of carbonyl (C=O) groups excluding carboxylic acids is 2. The van der Waals surface area contributed by atoms with E-state index in [4.69, 9.17) is 0 Å². The van der Waals surface area contributed by atoms with Crippen molar-refractivity contribution in [2.24, 2.45) is 0 Å². The van der Waals surface area contributed by atoms with Crippen molar-refractivity contribution in [3.63, 3.8) is 0 Å². The minimum atomic E-state index is 0.690. The molecule has 0 fully saturated rings. The number of hydrogen-bond donors (Lipinski definition) is 0. The van der Waals surface area contributed by atoms with Gasteiger partial charge in [-0.3, -0.25) is 9.59 Å². The molecule has 3 nitrogen and oxygen atoms in total. The molecule has 0 radical (unpaired) electrons. The van der Waals surface area contributed by atoms with Crippen LogP contribution in [0, 0.1) is 0 Å². The van der Waals surface area contributed by atoms with Crippen LogP contribution in [0.5, 0.6) is 0 Å². The van der Waals surface area contributed by atoms with E-state index in [1.807, 2.05) is 36.4 Å². The van der Waals surface area contributed by atoms with Gasteiger partial charge in [-0.2, -0.15) is 0 Å². The molecule has 0 saturated carbocycles.